The van der Waals surface area contributed by atoms with E-state index in [0.717, 1.165) is 108 Å². The van der Waals surface area contributed by atoms with E-state index in [4.69, 9.17) is 37.0 Å². The Labute approximate surface area is 607 Å². The van der Waals surface area contributed by atoms with Gasteiger partial charge in [0, 0.05) is 25.7 Å². The number of unbranched alkanes of at least 4 members (excludes halogenated alkanes) is 44. The van der Waals surface area contributed by atoms with Crippen molar-refractivity contribution in [3.63, 3.8) is 0 Å². The zero-order valence-electron chi connectivity index (χ0n) is 65.0. The Bertz CT molecular complexity index is 1930. The van der Waals surface area contributed by atoms with Crippen molar-refractivity contribution in [3.8, 4) is 0 Å². The van der Waals surface area contributed by atoms with Crippen LogP contribution in [0.5, 0.6) is 0 Å². The molecule has 0 rings (SSSR count). The van der Waals surface area contributed by atoms with Gasteiger partial charge in [-0.3, -0.25) is 37.3 Å². The zero-order chi connectivity index (χ0) is 73.0. The van der Waals surface area contributed by atoms with Crippen LogP contribution in [-0.4, -0.2) is 96.7 Å². The first-order chi connectivity index (χ1) is 47.8. The Balaban J connectivity index is 5.08. The van der Waals surface area contributed by atoms with Gasteiger partial charge in [-0.15, -0.1) is 0 Å². The minimum Gasteiger partial charge on any atom is -0.462 e. The quantitative estimate of drug-likeness (QED) is 0.0222. The summed E-state index contributed by atoms with van der Waals surface area (Å²) in [7, 11) is -9.90. The van der Waals surface area contributed by atoms with Gasteiger partial charge in [0.1, 0.15) is 19.3 Å². The lowest BCUT2D eigenvalue weighted by Crippen LogP contribution is -2.30. The highest BCUT2D eigenvalue weighted by Gasteiger charge is 2.30. The van der Waals surface area contributed by atoms with E-state index in [9.17, 15) is 43.2 Å². The van der Waals surface area contributed by atoms with Crippen LogP contribution >= 0.6 is 15.6 Å². The summed E-state index contributed by atoms with van der Waals surface area (Å²) >= 11 is 0. The van der Waals surface area contributed by atoms with Gasteiger partial charge in [0.05, 0.1) is 26.4 Å². The summed E-state index contributed by atoms with van der Waals surface area (Å²) in [6.45, 7) is 11.9. The molecular weight excluding hydrogens is 1290 g/mol. The minimum atomic E-state index is -4.96. The topological polar surface area (TPSA) is 237 Å². The van der Waals surface area contributed by atoms with Gasteiger partial charge < -0.3 is 33.8 Å². The molecule has 0 fully saturated rings. The molecule has 7 atom stereocenters. The van der Waals surface area contributed by atoms with Gasteiger partial charge in [0.25, 0.3) is 0 Å². The maximum atomic E-state index is 13.1. The number of hydrogen-bond acceptors (Lipinski definition) is 15. The van der Waals surface area contributed by atoms with Crippen molar-refractivity contribution < 1.29 is 80.2 Å². The smallest absolute Gasteiger partial charge is 0.462 e. The molecule has 19 heteroatoms. The summed E-state index contributed by atoms with van der Waals surface area (Å²) < 4.78 is 68.3. The molecule has 0 saturated heterocycles. The number of phosphoric ester groups is 2. The maximum Gasteiger partial charge on any atom is 0.472 e. The van der Waals surface area contributed by atoms with Crippen molar-refractivity contribution in [2.75, 3.05) is 39.6 Å². The van der Waals surface area contributed by atoms with E-state index in [-0.39, 0.29) is 25.7 Å². The van der Waals surface area contributed by atoms with Crippen LogP contribution in [-0.2, 0) is 65.4 Å². The molecule has 0 aromatic carbocycles. The number of hydrogen-bond donors (Lipinski definition) is 3. The number of carbonyl (C=O) groups excluding carboxylic acids is 4. The third kappa shape index (κ3) is 71.5. The van der Waals surface area contributed by atoms with Gasteiger partial charge in [-0.05, 0) is 43.4 Å². The number of rotatable bonds is 78. The van der Waals surface area contributed by atoms with Crippen molar-refractivity contribution in [1.29, 1.82) is 0 Å². The van der Waals surface area contributed by atoms with Crippen molar-refractivity contribution >= 4 is 39.5 Å². The highest BCUT2D eigenvalue weighted by Crippen LogP contribution is 2.45. The molecule has 0 aliphatic carbocycles. The van der Waals surface area contributed by atoms with Crippen LogP contribution in [0.1, 0.15) is 414 Å². The van der Waals surface area contributed by atoms with E-state index in [0.29, 0.717) is 31.6 Å². The molecular formula is C80H156O17P2. The maximum absolute atomic E-state index is 13.1. The number of phosphoric acid groups is 2. The normalized spacial score (nSPS) is 14.5. The zero-order valence-corrected chi connectivity index (χ0v) is 66.8. The molecule has 0 aromatic rings. The molecule has 0 aliphatic heterocycles. The van der Waals surface area contributed by atoms with Gasteiger partial charge in [-0.25, -0.2) is 9.13 Å². The van der Waals surface area contributed by atoms with E-state index >= 15 is 0 Å². The number of carbonyl (C=O) groups is 4. The minimum absolute atomic E-state index is 0.103. The lowest BCUT2D eigenvalue weighted by molar-refractivity contribution is -0.161. The standard InChI is InChI=1S/C80H156O17P2/c1-8-11-12-44-54-61-77(82)90-67-75(96-80(85)64-57-50-43-37-38-45-51-58-71(4)5)69-94-98(86,87)92-65-74(81)66-93-99(88,89)95-70-76(97-79(84)63-56-49-42-36-32-28-24-20-16-14-18-22-26-30-34-40-47-53-60-73(7)10-3)68-91-78(83)62-55-48-41-35-31-27-23-19-15-13-17-21-25-29-33-39-46-52-59-72(6)9-2/h71-76,81H,8-70H2,1-7H3,(H,86,87)(H,88,89)/t72?,73?,74-,75+,76+/m0/s1. The number of aliphatic hydroxyl groups excluding tert-OH is 1. The highest BCUT2D eigenvalue weighted by molar-refractivity contribution is 7.47. The predicted octanol–water partition coefficient (Wildman–Crippen LogP) is 23.7. The number of ether oxygens (including phenoxy) is 4. The SMILES string of the molecule is CCCCCCCC(=O)OC[C@H](COP(=O)(O)OC[C@H](O)COP(=O)(O)OC[C@@H](COC(=O)CCCCCCCCCCCCCCCCCCCCC(C)CC)OC(=O)CCCCCCCCCCCCCCCCCCCCC(C)CC)OC(=O)CCCCCCCCCC(C)C. The van der Waals surface area contributed by atoms with Crippen LogP contribution in [0.4, 0.5) is 0 Å². The Hall–Kier alpha value is -1.94. The van der Waals surface area contributed by atoms with E-state index in [1.807, 2.05) is 0 Å². The molecule has 0 spiro atoms. The van der Waals surface area contributed by atoms with Crippen LogP contribution in [0.2, 0.25) is 0 Å². The third-order valence-electron chi connectivity index (χ3n) is 19.4. The lowest BCUT2D eigenvalue weighted by atomic mass is 9.99. The molecule has 0 radical (unpaired) electrons. The average molecular weight is 1450 g/mol. The van der Waals surface area contributed by atoms with Crippen molar-refractivity contribution in [2.24, 2.45) is 17.8 Å². The number of esters is 4. The fraction of sp³-hybridized carbons (Fsp3) is 0.950. The second-order valence-corrected chi connectivity index (χ2v) is 32.7. The molecule has 3 N–H and O–H groups in total. The average Bonchev–Trinajstić information content (AvgIpc) is 1.07. The van der Waals surface area contributed by atoms with Crippen molar-refractivity contribution in [1.82, 2.24) is 0 Å². The van der Waals surface area contributed by atoms with E-state index in [2.05, 4.69) is 48.5 Å². The van der Waals surface area contributed by atoms with Gasteiger partial charge >= 0.3 is 39.5 Å². The van der Waals surface area contributed by atoms with Gasteiger partial charge in [0.2, 0.25) is 0 Å². The summed E-state index contributed by atoms with van der Waals surface area (Å²) in [6.07, 6.45) is 59.0. The monoisotopic (exact) mass is 1450 g/mol. The summed E-state index contributed by atoms with van der Waals surface area (Å²) in [4.78, 5) is 72.5. The first kappa shape index (κ1) is 97.1. The first-order valence-corrected chi connectivity index (χ1v) is 44.4. The fourth-order valence-corrected chi connectivity index (χ4v) is 13.8. The molecule has 0 aromatic heterocycles. The lowest BCUT2D eigenvalue weighted by Gasteiger charge is -2.21. The van der Waals surface area contributed by atoms with Crippen LogP contribution in [0.3, 0.4) is 0 Å². The molecule has 0 aliphatic rings. The van der Waals surface area contributed by atoms with E-state index in [1.165, 1.54) is 218 Å². The number of aliphatic hydroxyl groups is 1. The molecule has 0 saturated carbocycles. The highest BCUT2D eigenvalue weighted by atomic mass is 31.2. The second kappa shape index (κ2) is 70.4. The Morgan fingerprint density at radius 3 is 0.768 bits per heavy atom. The Morgan fingerprint density at radius 1 is 0.293 bits per heavy atom. The molecule has 17 nitrogen and oxygen atoms in total. The molecule has 0 amide bonds. The predicted molar refractivity (Wildman–Crippen MR) is 405 cm³/mol. The van der Waals surface area contributed by atoms with E-state index < -0.39 is 97.5 Å². The van der Waals surface area contributed by atoms with Crippen LogP contribution in [0, 0.1) is 17.8 Å². The van der Waals surface area contributed by atoms with Crippen molar-refractivity contribution in [2.45, 2.75) is 433 Å². The van der Waals surface area contributed by atoms with Gasteiger partial charge in [-0.1, -0.05) is 363 Å². The first-order valence-electron chi connectivity index (χ1n) is 41.4. The second-order valence-electron chi connectivity index (χ2n) is 29.8. The van der Waals surface area contributed by atoms with Gasteiger partial charge in [0.15, 0.2) is 12.2 Å². The molecule has 4 unspecified atom stereocenters. The van der Waals surface area contributed by atoms with Crippen LogP contribution in [0.15, 0.2) is 0 Å². The summed E-state index contributed by atoms with van der Waals surface area (Å²) in [5.74, 6) is 0.312. The molecule has 0 bridgehead atoms. The third-order valence-corrected chi connectivity index (χ3v) is 21.3. The fourth-order valence-electron chi connectivity index (χ4n) is 12.2. The van der Waals surface area contributed by atoms with Crippen molar-refractivity contribution in [3.05, 3.63) is 0 Å². The Morgan fingerprint density at radius 2 is 0.515 bits per heavy atom. The molecule has 588 valence electrons. The largest absolute Gasteiger partial charge is 0.472 e. The molecule has 0 heterocycles. The van der Waals surface area contributed by atoms with E-state index in [1.54, 1.807) is 0 Å². The van der Waals surface area contributed by atoms with Gasteiger partial charge in [-0.2, -0.15) is 0 Å². The summed E-state index contributed by atoms with van der Waals surface area (Å²) in [6, 6.07) is 0. The van der Waals surface area contributed by atoms with Crippen LogP contribution < -0.4 is 0 Å². The summed E-state index contributed by atoms with van der Waals surface area (Å²) in [5.41, 5.74) is 0. The Kier molecular flexibility index (Phi) is 69.0. The summed E-state index contributed by atoms with van der Waals surface area (Å²) in [5, 5.41) is 10.6. The van der Waals surface area contributed by atoms with Crippen LogP contribution in [0.25, 0.3) is 0 Å². The molecule has 99 heavy (non-hydrogen) atoms.